The van der Waals surface area contributed by atoms with E-state index in [4.69, 9.17) is 17.0 Å². The summed E-state index contributed by atoms with van der Waals surface area (Å²) in [4.78, 5) is 15.5. The lowest BCUT2D eigenvalue weighted by Crippen LogP contribution is -2.46. The van der Waals surface area contributed by atoms with Crippen LogP contribution in [0.5, 0.6) is 0 Å². The molecule has 1 aliphatic heterocycles. The Balaban J connectivity index is 1.88. The summed E-state index contributed by atoms with van der Waals surface area (Å²) in [5.41, 5.74) is 1.14. The fourth-order valence-electron chi connectivity index (χ4n) is 2.08. The first kappa shape index (κ1) is 16.6. The Morgan fingerprint density at radius 1 is 1.45 bits per heavy atom. The molecule has 1 heterocycles. The molecule has 0 radical (unpaired) electrons. The smallest absolute Gasteiger partial charge is 0.242 e. The molecule has 1 N–H and O–H groups in total. The van der Waals surface area contributed by atoms with Gasteiger partial charge in [-0.15, -0.1) is 0 Å². The fourth-order valence-corrected chi connectivity index (χ4v) is 2.26. The molecule has 1 saturated heterocycles. The van der Waals surface area contributed by atoms with Crippen LogP contribution in [0, 0.1) is 12.7 Å². The zero-order valence-corrected chi connectivity index (χ0v) is 13.6. The van der Waals surface area contributed by atoms with Crippen molar-refractivity contribution in [1.29, 1.82) is 0 Å². The van der Waals surface area contributed by atoms with Crippen molar-refractivity contribution in [2.75, 3.05) is 45.2 Å². The third-order valence-electron chi connectivity index (χ3n) is 3.51. The second-order valence-corrected chi connectivity index (χ2v) is 5.63. The lowest BCUT2D eigenvalue weighted by atomic mass is 10.2. The molecular weight excluding hydrogens is 305 g/mol. The highest BCUT2D eigenvalue weighted by Crippen LogP contribution is 2.14. The number of carbonyl (C=O) groups excluding carboxylic acids is 1. The molecule has 0 unspecified atom stereocenters. The van der Waals surface area contributed by atoms with Crippen molar-refractivity contribution in [3.8, 4) is 0 Å². The number of anilines is 1. The van der Waals surface area contributed by atoms with E-state index in [1.54, 1.807) is 35.9 Å². The number of ether oxygens (including phenoxy) is 1. The second-order valence-electron chi connectivity index (χ2n) is 5.24. The lowest BCUT2D eigenvalue weighted by molar-refractivity contribution is -0.135. The molecule has 0 spiro atoms. The molecule has 0 saturated carbocycles. The summed E-state index contributed by atoms with van der Waals surface area (Å²) in [6, 6.07) is 4.82. The van der Waals surface area contributed by atoms with Gasteiger partial charge in [0.2, 0.25) is 5.91 Å². The SMILES string of the molecule is Cc1ccc(NC(=S)N(C)CC(=O)N2CCOCC2)cc1F. The van der Waals surface area contributed by atoms with Gasteiger partial charge in [0, 0.05) is 25.8 Å². The van der Waals surface area contributed by atoms with E-state index in [2.05, 4.69) is 5.32 Å². The number of halogens is 1. The molecular formula is C15H20FN3O2S. The molecule has 1 aromatic rings. The molecule has 0 atom stereocenters. The number of nitrogens with zero attached hydrogens (tertiary/aromatic N) is 2. The quantitative estimate of drug-likeness (QED) is 0.856. The zero-order chi connectivity index (χ0) is 16.1. The minimum absolute atomic E-state index is 0.00466. The molecule has 22 heavy (non-hydrogen) atoms. The van der Waals surface area contributed by atoms with E-state index in [9.17, 15) is 9.18 Å². The van der Waals surface area contributed by atoms with Gasteiger partial charge in [-0.25, -0.2) is 4.39 Å². The Bertz CT molecular complexity index is 562. The van der Waals surface area contributed by atoms with Gasteiger partial charge in [-0.1, -0.05) is 6.07 Å². The monoisotopic (exact) mass is 325 g/mol. The molecule has 1 fully saturated rings. The highest BCUT2D eigenvalue weighted by molar-refractivity contribution is 7.80. The van der Waals surface area contributed by atoms with Gasteiger partial charge in [0.05, 0.1) is 19.8 Å². The Morgan fingerprint density at radius 2 is 2.14 bits per heavy atom. The van der Waals surface area contributed by atoms with Crippen LogP contribution in [-0.2, 0) is 9.53 Å². The van der Waals surface area contributed by atoms with E-state index in [1.807, 2.05) is 0 Å². The molecule has 1 amide bonds. The summed E-state index contributed by atoms with van der Waals surface area (Å²) < 4.78 is 18.7. The second kappa shape index (κ2) is 7.51. The van der Waals surface area contributed by atoms with Crippen LogP contribution in [-0.4, -0.2) is 60.7 Å². The van der Waals surface area contributed by atoms with E-state index >= 15 is 0 Å². The van der Waals surface area contributed by atoms with Crippen molar-refractivity contribution < 1.29 is 13.9 Å². The Morgan fingerprint density at radius 3 is 2.77 bits per heavy atom. The van der Waals surface area contributed by atoms with Gasteiger partial charge in [0.1, 0.15) is 5.82 Å². The number of hydrogen-bond donors (Lipinski definition) is 1. The molecule has 120 valence electrons. The number of nitrogens with one attached hydrogen (secondary N) is 1. The van der Waals surface area contributed by atoms with E-state index in [-0.39, 0.29) is 18.3 Å². The van der Waals surface area contributed by atoms with Crippen molar-refractivity contribution >= 4 is 28.9 Å². The highest BCUT2D eigenvalue weighted by atomic mass is 32.1. The Labute approximate surface area is 135 Å². The predicted octanol–water partition coefficient (Wildman–Crippen LogP) is 1.62. The summed E-state index contributed by atoms with van der Waals surface area (Å²) in [6.45, 7) is 4.23. The van der Waals surface area contributed by atoms with E-state index in [1.165, 1.54) is 6.07 Å². The van der Waals surface area contributed by atoms with Gasteiger partial charge in [-0.3, -0.25) is 4.79 Å². The molecule has 0 aliphatic carbocycles. The average Bonchev–Trinajstić information content (AvgIpc) is 2.51. The first-order valence-corrected chi connectivity index (χ1v) is 7.52. The number of likely N-dealkylation sites (N-methyl/N-ethyl adjacent to an activating group) is 1. The van der Waals surface area contributed by atoms with Gasteiger partial charge in [0.25, 0.3) is 0 Å². The predicted molar refractivity (Wildman–Crippen MR) is 87.4 cm³/mol. The van der Waals surface area contributed by atoms with Crippen molar-refractivity contribution in [3.63, 3.8) is 0 Å². The molecule has 0 aromatic heterocycles. The van der Waals surface area contributed by atoms with Gasteiger partial charge in [-0.2, -0.15) is 0 Å². The van der Waals surface area contributed by atoms with Crippen molar-refractivity contribution in [1.82, 2.24) is 9.80 Å². The topological polar surface area (TPSA) is 44.8 Å². The van der Waals surface area contributed by atoms with Crippen LogP contribution in [0.1, 0.15) is 5.56 Å². The average molecular weight is 325 g/mol. The van der Waals surface area contributed by atoms with Crippen LogP contribution in [0.2, 0.25) is 0 Å². The first-order chi connectivity index (χ1) is 10.5. The zero-order valence-electron chi connectivity index (χ0n) is 12.8. The van der Waals surface area contributed by atoms with Gasteiger partial charge >= 0.3 is 0 Å². The first-order valence-electron chi connectivity index (χ1n) is 7.11. The molecule has 0 bridgehead atoms. The highest BCUT2D eigenvalue weighted by Gasteiger charge is 2.19. The van der Waals surface area contributed by atoms with Crippen molar-refractivity contribution in [2.45, 2.75) is 6.92 Å². The fraction of sp³-hybridized carbons (Fsp3) is 0.467. The Hall–Kier alpha value is -1.73. The van der Waals surface area contributed by atoms with Gasteiger partial charge < -0.3 is 19.9 Å². The normalized spacial score (nSPS) is 14.6. The summed E-state index contributed by atoms with van der Waals surface area (Å²) in [5.74, 6) is -0.287. The van der Waals surface area contributed by atoms with Crippen LogP contribution in [0.25, 0.3) is 0 Å². The number of morpholine rings is 1. The molecule has 5 nitrogen and oxygen atoms in total. The number of amides is 1. The van der Waals surface area contributed by atoms with Crippen LogP contribution in [0.15, 0.2) is 18.2 Å². The molecule has 7 heteroatoms. The minimum atomic E-state index is -0.292. The number of aryl methyl sites for hydroxylation is 1. The summed E-state index contributed by atoms with van der Waals surface area (Å²) in [5, 5.41) is 3.32. The number of carbonyl (C=O) groups is 1. The Kier molecular flexibility index (Phi) is 5.68. The molecule has 2 rings (SSSR count). The summed E-state index contributed by atoms with van der Waals surface area (Å²) in [6.07, 6.45) is 0. The van der Waals surface area contributed by atoms with Crippen LogP contribution < -0.4 is 5.32 Å². The van der Waals surface area contributed by atoms with Crippen molar-refractivity contribution in [3.05, 3.63) is 29.6 Å². The maximum absolute atomic E-state index is 13.5. The van der Waals surface area contributed by atoms with E-state index in [0.717, 1.165) is 0 Å². The number of hydrogen-bond acceptors (Lipinski definition) is 3. The third kappa shape index (κ3) is 4.38. The van der Waals surface area contributed by atoms with Gasteiger partial charge in [0.15, 0.2) is 5.11 Å². The minimum Gasteiger partial charge on any atom is -0.378 e. The lowest BCUT2D eigenvalue weighted by Gasteiger charge is -2.29. The van der Waals surface area contributed by atoms with Crippen LogP contribution >= 0.6 is 12.2 Å². The summed E-state index contributed by atoms with van der Waals surface area (Å²) in [7, 11) is 1.73. The maximum atomic E-state index is 13.5. The maximum Gasteiger partial charge on any atom is 0.242 e. The van der Waals surface area contributed by atoms with E-state index in [0.29, 0.717) is 42.7 Å². The van der Waals surface area contributed by atoms with Crippen LogP contribution in [0.4, 0.5) is 10.1 Å². The standard InChI is InChI=1S/C15H20FN3O2S/c1-11-3-4-12(9-13(11)16)17-15(22)18(2)10-14(20)19-5-7-21-8-6-19/h3-4,9H,5-8,10H2,1-2H3,(H,17,22). The summed E-state index contributed by atoms with van der Waals surface area (Å²) >= 11 is 5.25. The van der Waals surface area contributed by atoms with Crippen molar-refractivity contribution in [2.24, 2.45) is 0 Å². The largest absolute Gasteiger partial charge is 0.378 e. The number of benzene rings is 1. The molecule has 1 aliphatic rings. The van der Waals surface area contributed by atoms with E-state index < -0.39 is 0 Å². The number of thiocarbonyl (C=S) groups is 1. The van der Waals surface area contributed by atoms with Gasteiger partial charge in [-0.05, 0) is 36.8 Å². The third-order valence-corrected chi connectivity index (χ3v) is 3.92. The molecule has 1 aromatic carbocycles. The number of rotatable bonds is 3. The van der Waals surface area contributed by atoms with Crippen LogP contribution in [0.3, 0.4) is 0 Å².